The van der Waals surface area contributed by atoms with Crippen molar-refractivity contribution >= 4 is 33.5 Å². The minimum absolute atomic E-state index is 0.0922. The third-order valence-corrected chi connectivity index (χ3v) is 6.79. The molecule has 0 aliphatic carbocycles. The fourth-order valence-electron chi connectivity index (χ4n) is 3.94. The van der Waals surface area contributed by atoms with E-state index in [2.05, 4.69) is 20.4 Å². The molecule has 0 radical (unpaired) electrons. The first-order valence-corrected chi connectivity index (χ1v) is 12.2. The first-order chi connectivity index (χ1) is 16.6. The third kappa shape index (κ3) is 6.85. The van der Waals surface area contributed by atoms with Crippen LogP contribution in [0.1, 0.15) is 40.7 Å². The average molecular weight is 481 g/mol. The Kier molecular flexibility index (Phi) is 8.21. The monoisotopic (exact) mass is 480 g/mol. The highest BCUT2D eigenvalue weighted by atomic mass is 32.1. The van der Waals surface area contributed by atoms with Gasteiger partial charge in [-0.15, -0.1) is 10.2 Å². The molecule has 1 aromatic heterocycles. The minimum atomic E-state index is -0.920. The predicted molar refractivity (Wildman–Crippen MR) is 131 cm³/mol. The maximum Gasteiger partial charge on any atom is 0.335 e. The highest BCUT2D eigenvalue weighted by molar-refractivity contribution is 7.19. The summed E-state index contributed by atoms with van der Waals surface area (Å²) in [7, 11) is 0. The summed E-state index contributed by atoms with van der Waals surface area (Å²) in [6, 6.07) is 16.4. The fraction of sp³-hybridized carbons (Fsp3) is 0.360. The second-order valence-electron chi connectivity index (χ2n) is 8.37. The van der Waals surface area contributed by atoms with Crippen LogP contribution in [-0.4, -0.2) is 46.9 Å². The van der Waals surface area contributed by atoms with Crippen LogP contribution in [0.25, 0.3) is 0 Å². The molecule has 8 nitrogen and oxygen atoms in total. The van der Waals surface area contributed by atoms with E-state index in [1.54, 1.807) is 24.3 Å². The lowest BCUT2D eigenvalue weighted by Crippen LogP contribution is -2.33. The zero-order chi connectivity index (χ0) is 23.8. The molecule has 0 unspecified atom stereocenters. The van der Waals surface area contributed by atoms with Crippen LogP contribution in [0.5, 0.6) is 0 Å². The molecule has 2 aromatic carbocycles. The molecule has 34 heavy (non-hydrogen) atoms. The van der Waals surface area contributed by atoms with Crippen LogP contribution in [0.2, 0.25) is 0 Å². The van der Waals surface area contributed by atoms with Crippen molar-refractivity contribution < 1.29 is 19.4 Å². The molecule has 4 rings (SSSR count). The summed E-state index contributed by atoms with van der Waals surface area (Å²) in [5.41, 5.74) is 2.22. The molecule has 2 N–H and O–H groups in total. The maximum atomic E-state index is 12.2. The maximum absolute atomic E-state index is 12.2. The molecular formula is C25H28N4O4S. The summed E-state index contributed by atoms with van der Waals surface area (Å²) in [5.74, 6) is -0.412. The number of nitrogens with zero attached hydrogens (tertiary/aromatic N) is 3. The number of rotatable bonds is 10. The van der Waals surface area contributed by atoms with Gasteiger partial charge < -0.3 is 20.1 Å². The number of benzene rings is 2. The van der Waals surface area contributed by atoms with Crippen molar-refractivity contribution in [1.82, 2.24) is 10.2 Å². The van der Waals surface area contributed by atoms with Crippen molar-refractivity contribution in [3.8, 4) is 0 Å². The molecule has 9 heteroatoms. The molecule has 0 bridgehead atoms. The van der Waals surface area contributed by atoms with Crippen LogP contribution in [-0.2, 0) is 22.6 Å². The van der Waals surface area contributed by atoms with Gasteiger partial charge in [-0.2, -0.15) is 0 Å². The fourth-order valence-corrected chi connectivity index (χ4v) is 4.75. The second kappa shape index (κ2) is 11.7. The molecule has 1 aliphatic rings. The van der Waals surface area contributed by atoms with Crippen molar-refractivity contribution in [1.29, 1.82) is 0 Å². The van der Waals surface area contributed by atoms with Crippen molar-refractivity contribution in [2.75, 3.05) is 29.9 Å². The average Bonchev–Trinajstić information content (AvgIpc) is 3.31. The molecule has 3 aromatic rings. The van der Waals surface area contributed by atoms with E-state index in [9.17, 15) is 9.59 Å². The lowest BCUT2D eigenvalue weighted by atomic mass is 9.94. The van der Waals surface area contributed by atoms with Gasteiger partial charge in [0.15, 0.2) is 0 Å². The van der Waals surface area contributed by atoms with Crippen LogP contribution in [0.3, 0.4) is 0 Å². The van der Waals surface area contributed by atoms with Gasteiger partial charge in [-0.25, -0.2) is 4.79 Å². The lowest BCUT2D eigenvalue weighted by Gasteiger charge is -2.31. The number of nitrogens with one attached hydrogen (secondary N) is 1. The van der Waals surface area contributed by atoms with Crippen molar-refractivity contribution in [2.24, 2.45) is 5.92 Å². The van der Waals surface area contributed by atoms with E-state index in [-0.39, 0.29) is 11.5 Å². The first kappa shape index (κ1) is 23.8. The van der Waals surface area contributed by atoms with E-state index in [1.165, 1.54) is 11.3 Å². The van der Waals surface area contributed by atoms with E-state index >= 15 is 0 Å². The zero-order valence-electron chi connectivity index (χ0n) is 18.9. The van der Waals surface area contributed by atoms with Gasteiger partial charge in [0.2, 0.25) is 16.2 Å². The van der Waals surface area contributed by atoms with Crippen molar-refractivity contribution in [3.63, 3.8) is 0 Å². The highest BCUT2D eigenvalue weighted by Crippen LogP contribution is 2.29. The summed E-state index contributed by atoms with van der Waals surface area (Å²) in [6.07, 6.45) is 3.44. The van der Waals surface area contributed by atoms with Gasteiger partial charge in [0.05, 0.1) is 18.6 Å². The zero-order valence-corrected chi connectivity index (χ0v) is 19.7. The Morgan fingerprint density at radius 3 is 2.47 bits per heavy atom. The largest absolute Gasteiger partial charge is 0.478 e. The van der Waals surface area contributed by atoms with Crippen molar-refractivity contribution in [2.45, 2.75) is 32.3 Å². The molecule has 2 heterocycles. The highest BCUT2D eigenvalue weighted by Gasteiger charge is 2.22. The van der Waals surface area contributed by atoms with Gasteiger partial charge in [-0.3, -0.25) is 4.79 Å². The number of carbonyl (C=O) groups is 2. The van der Waals surface area contributed by atoms with E-state index in [4.69, 9.17) is 9.84 Å². The molecule has 1 fully saturated rings. The van der Waals surface area contributed by atoms with Crippen LogP contribution in [0.15, 0.2) is 54.6 Å². The summed E-state index contributed by atoms with van der Waals surface area (Å²) in [5, 5.41) is 21.6. The van der Waals surface area contributed by atoms with Crippen LogP contribution < -0.4 is 10.2 Å². The Hall–Kier alpha value is -3.30. The number of carbonyl (C=O) groups excluding carboxylic acids is 1. The number of aromatic nitrogens is 2. The quantitative estimate of drug-likeness (QED) is 0.418. The van der Waals surface area contributed by atoms with Gasteiger partial charge in [-0.1, -0.05) is 53.8 Å². The molecule has 178 valence electrons. The predicted octanol–water partition coefficient (Wildman–Crippen LogP) is 4.24. The molecule has 0 spiro atoms. The summed E-state index contributed by atoms with van der Waals surface area (Å²) < 4.78 is 5.80. The second-order valence-corrected chi connectivity index (χ2v) is 9.33. The van der Waals surface area contributed by atoms with E-state index in [0.717, 1.165) is 48.6 Å². The van der Waals surface area contributed by atoms with Gasteiger partial charge in [0.25, 0.3) is 0 Å². The van der Waals surface area contributed by atoms with Gasteiger partial charge in [0.1, 0.15) is 0 Å². The first-order valence-electron chi connectivity index (χ1n) is 11.4. The number of piperidine rings is 1. The van der Waals surface area contributed by atoms with Crippen LogP contribution in [0.4, 0.5) is 10.3 Å². The number of hydrogen-bond acceptors (Lipinski definition) is 7. The number of anilines is 2. The van der Waals surface area contributed by atoms with Crippen LogP contribution >= 0.6 is 11.3 Å². The standard InChI is InChI=1S/C25H28N4O4S/c30-22(16-19-4-2-1-3-5-19)26-24-27-28-25(34-24)29-13-10-18(11-14-29)12-15-33-17-20-6-8-21(9-7-20)23(31)32/h1-9,18H,10-17H2,(H,31,32)(H,26,27,30). The molecule has 1 amide bonds. The van der Waals surface area contributed by atoms with Crippen LogP contribution in [0, 0.1) is 5.92 Å². The van der Waals surface area contributed by atoms with E-state index < -0.39 is 5.97 Å². The molecule has 1 saturated heterocycles. The number of ether oxygens (including phenoxy) is 1. The number of carboxylic acids is 1. The molecule has 1 aliphatic heterocycles. The Morgan fingerprint density at radius 1 is 1.03 bits per heavy atom. The van der Waals surface area contributed by atoms with Gasteiger partial charge in [0, 0.05) is 19.7 Å². The third-order valence-electron chi connectivity index (χ3n) is 5.89. The number of amides is 1. The Morgan fingerprint density at radius 2 is 1.76 bits per heavy atom. The number of hydrogen-bond donors (Lipinski definition) is 2. The van der Waals surface area contributed by atoms with E-state index in [1.807, 2.05) is 30.3 Å². The summed E-state index contributed by atoms with van der Waals surface area (Å²) in [4.78, 5) is 25.4. The Balaban J connectivity index is 1.14. The topological polar surface area (TPSA) is 105 Å². The molecule has 0 atom stereocenters. The van der Waals surface area contributed by atoms with Crippen molar-refractivity contribution in [3.05, 3.63) is 71.3 Å². The summed E-state index contributed by atoms with van der Waals surface area (Å²) in [6.45, 7) is 2.99. The Labute approximate surface area is 202 Å². The normalized spacial score (nSPS) is 14.2. The van der Waals surface area contributed by atoms with E-state index in [0.29, 0.717) is 30.7 Å². The smallest absolute Gasteiger partial charge is 0.335 e. The summed E-state index contributed by atoms with van der Waals surface area (Å²) >= 11 is 1.41. The Bertz CT molecular complexity index is 1080. The molecular weight excluding hydrogens is 452 g/mol. The molecule has 0 saturated carbocycles. The van der Waals surface area contributed by atoms with Gasteiger partial charge >= 0.3 is 5.97 Å². The number of aromatic carboxylic acids is 1. The lowest BCUT2D eigenvalue weighted by molar-refractivity contribution is -0.115. The minimum Gasteiger partial charge on any atom is -0.478 e. The SMILES string of the molecule is O=C(Cc1ccccc1)Nc1nnc(N2CCC(CCOCc3ccc(C(=O)O)cc3)CC2)s1. The number of carboxylic acid groups (broad SMARTS) is 1. The van der Waals surface area contributed by atoms with Gasteiger partial charge in [-0.05, 0) is 48.4 Å².